The Morgan fingerprint density at radius 2 is 2.05 bits per heavy atom. The van der Waals surface area contributed by atoms with Crippen molar-refractivity contribution >= 4 is 0 Å². The van der Waals surface area contributed by atoms with Crippen LogP contribution in [0.3, 0.4) is 0 Å². The molecule has 2 aliphatic rings. The normalized spacial score (nSPS) is 31.4. The maximum Gasteiger partial charge on any atom is 0.126 e. The number of ether oxygens (including phenoxy) is 1. The lowest BCUT2D eigenvalue weighted by atomic mass is 9.82. The van der Waals surface area contributed by atoms with Crippen LogP contribution >= 0.6 is 0 Å². The Hall–Kier alpha value is -1.10. The first-order valence-corrected chi connectivity index (χ1v) is 8.37. The molecule has 0 radical (unpaired) electrons. The Morgan fingerprint density at radius 3 is 2.82 bits per heavy atom. The Kier molecular flexibility index (Phi) is 4.44. The highest BCUT2D eigenvalue weighted by Gasteiger charge is 2.48. The van der Waals surface area contributed by atoms with Crippen LogP contribution < -0.4 is 4.74 Å². The Labute approximate surface area is 132 Å². The van der Waals surface area contributed by atoms with E-state index in [-0.39, 0.29) is 12.6 Å². The van der Waals surface area contributed by atoms with Crippen LogP contribution in [0.15, 0.2) is 24.3 Å². The fourth-order valence-electron chi connectivity index (χ4n) is 4.14. The number of rotatable bonds is 3. The van der Waals surface area contributed by atoms with Gasteiger partial charge >= 0.3 is 0 Å². The molecular formula is C18H27NO3. The quantitative estimate of drug-likeness (QED) is 0.901. The first-order valence-electron chi connectivity index (χ1n) is 8.37. The number of hydrogen-bond donors (Lipinski definition) is 2. The van der Waals surface area contributed by atoms with Crippen LogP contribution in [-0.2, 0) is 0 Å². The van der Waals surface area contributed by atoms with E-state index in [4.69, 9.17) is 4.74 Å². The van der Waals surface area contributed by atoms with Gasteiger partial charge < -0.3 is 14.9 Å². The van der Waals surface area contributed by atoms with Crippen molar-refractivity contribution < 1.29 is 14.9 Å². The minimum absolute atomic E-state index is 0.0840. The minimum atomic E-state index is -0.556. The van der Waals surface area contributed by atoms with Gasteiger partial charge in [0.05, 0.1) is 6.04 Å². The summed E-state index contributed by atoms with van der Waals surface area (Å²) in [5, 5.41) is 20.4. The van der Waals surface area contributed by atoms with Crippen molar-refractivity contribution in [1.82, 2.24) is 4.90 Å². The predicted molar refractivity (Wildman–Crippen MR) is 85.9 cm³/mol. The van der Waals surface area contributed by atoms with Gasteiger partial charge in [0.15, 0.2) is 0 Å². The zero-order chi connectivity index (χ0) is 15.7. The van der Waals surface area contributed by atoms with E-state index in [0.717, 1.165) is 37.1 Å². The van der Waals surface area contributed by atoms with Crippen molar-refractivity contribution in [3.05, 3.63) is 29.8 Å². The average Bonchev–Trinajstić information content (AvgIpc) is 2.48. The van der Waals surface area contributed by atoms with Crippen molar-refractivity contribution in [3.63, 3.8) is 0 Å². The molecule has 0 amide bonds. The second-order valence-corrected chi connectivity index (χ2v) is 7.03. The van der Waals surface area contributed by atoms with E-state index in [2.05, 4.69) is 18.7 Å². The lowest BCUT2D eigenvalue weighted by Crippen LogP contribution is -2.61. The Morgan fingerprint density at radius 1 is 1.27 bits per heavy atom. The average molecular weight is 305 g/mol. The summed E-state index contributed by atoms with van der Waals surface area (Å²) in [6, 6.07) is 8.01. The highest BCUT2D eigenvalue weighted by molar-refractivity contribution is 5.39. The summed E-state index contributed by atoms with van der Waals surface area (Å²) in [6.45, 7) is 5.27. The number of fused-ring (bicyclic) bond motifs is 1. The van der Waals surface area contributed by atoms with E-state index < -0.39 is 11.7 Å². The van der Waals surface area contributed by atoms with Gasteiger partial charge in [0, 0.05) is 18.2 Å². The van der Waals surface area contributed by atoms with E-state index >= 15 is 0 Å². The van der Waals surface area contributed by atoms with Gasteiger partial charge in [-0.25, -0.2) is 0 Å². The zero-order valence-corrected chi connectivity index (χ0v) is 13.5. The molecule has 4 nitrogen and oxygen atoms in total. The van der Waals surface area contributed by atoms with Crippen molar-refractivity contribution in [1.29, 1.82) is 0 Å². The highest BCUT2D eigenvalue weighted by Crippen LogP contribution is 2.43. The Balaban J connectivity index is 1.94. The highest BCUT2D eigenvalue weighted by atomic mass is 16.5. The SMILES string of the molecule is CC1(C)Oc2ccccc2C(O)C1N1CCCCC1CCO. The van der Waals surface area contributed by atoms with Gasteiger partial charge in [-0.2, -0.15) is 0 Å². The fraction of sp³-hybridized carbons (Fsp3) is 0.667. The van der Waals surface area contributed by atoms with Crippen molar-refractivity contribution in [3.8, 4) is 5.75 Å². The number of likely N-dealkylation sites (tertiary alicyclic amines) is 1. The fourth-order valence-corrected chi connectivity index (χ4v) is 4.14. The summed E-state index contributed by atoms with van der Waals surface area (Å²) in [5.74, 6) is 0.784. The lowest BCUT2D eigenvalue weighted by molar-refractivity contribution is -0.105. The summed E-state index contributed by atoms with van der Waals surface area (Å²) in [4.78, 5) is 2.38. The van der Waals surface area contributed by atoms with E-state index in [1.165, 1.54) is 6.42 Å². The monoisotopic (exact) mass is 305 g/mol. The molecule has 0 aromatic heterocycles. The van der Waals surface area contributed by atoms with E-state index in [9.17, 15) is 10.2 Å². The molecule has 122 valence electrons. The third-order valence-electron chi connectivity index (χ3n) is 5.11. The second kappa shape index (κ2) is 6.19. The van der Waals surface area contributed by atoms with Crippen LogP contribution in [0.25, 0.3) is 0 Å². The molecule has 2 N–H and O–H groups in total. The van der Waals surface area contributed by atoms with E-state index in [1.807, 2.05) is 24.3 Å². The number of hydrogen-bond acceptors (Lipinski definition) is 4. The van der Waals surface area contributed by atoms with E-state index in [0.29, 0.717) is 6.04 Å². The van der Waals surface area contributed by atoms with E-state index in [1.54, 1.807) is 0 Å². The molecule has 1 aromatic rings. The van der Waals surface area contributed by atoms with Crippen LogP contribution in [0.1, 0.15) is 51.2 Å². The smallest absolute Gasteiger partial charge is 0.126 e. The van der Waals surface area contributed by atoms with Crippen molar-refractivity contribution in [2.75, 3.05) is 13.2 Å². The third kappa shape index (κ3) is 2.75. The summed E-state index contributed by atoms with van der Waals surface area (Å²) in [7, 11) is 0. The molecule has 22 heavy (non-hydrogen) atoms. The summed E-state index contributed by atoms with van der Waals surface area (Å²) >= 11 is 0. The number of piperidine rings is 1. The molecule has 0 bridgehead atoms. The molecule has 1 saturated heterocycles. The zero-order valence-electron chi connectivity index (χ0n) is 13.5. The molecule has 3 unspecified atom stereocenters. The number of nitrogens with zero attached hydrogens (tertiary/aromatic N) is 1. The topological polar surface area (TPSA) is 52.9 Å². The third-order valence-corrected chi connectivity index (χ3v) is 5.11. The molecule has 0 aliphatic carbocycles. The van der Waals surface area contributed by atoms with Gasteiger partial charge in [-0.15, -0.1) is 0 Å². The molecule has 2 aliphatic heterocycles. The first kappa shape index (κ1) is 15.8. The lowest BCUT2D eigenvalue weighted by Gasteiger charge is -2.51. The van der Waals surface area contributed by atoms with Crippen molar-refractivity contribution in [2.45, 2.75) is 63.3 Å². The van der Waals surface area contributed by atoms with Crippen molar-refractivity contribution in [2.24, 2.45) is 0 Å². The molecule has 3 rings (SSSR count). The van der Waals surface area contributed by atoms with Gasteiger partial charge in [0.1, 0.15) is 17.5 Å². The molecule has 0 saturated carbocycles. The molecule has 4 heteroatoms. The van der Waals surface area contributed by atoms with Crippen LogP contribution in [0, 0.1) is 0 Å². The minimum Gasteiger partial charge on any atom is -0.486 e. The molecule has 1 aromatic carbocycles. The maximum atomic E-state index is 11.0. The van der Waals surface area contributed by atoms with Crippen LogP contribution in [0.5, 0.6) is 5.75 Å². The first-order chi connectivity index (χ1) is 10.5. The number of aliphatic hydroxyl groups is 2. The number of aliphatic hydroxyl groups excluding tert-OH is 2. The largest absolute Gasteiger partial charge is 0.486 e. The van der Waals surface area contributed by atoms with Gasteiger partial charge in [-0.3, -0.25) is 4.90 Å². The summed E-state index contributed by atoms with van der Waals surface area (Å²) < 4.78 is 6.22. The summed E-state index contributed by atoms with van der Waals surface area (Å²) in [6.07, 6.45) is 3.63. The van der Waals surface area contributed by atoms with Gasteiger partial charge in [-0.05, 0) is 45.7 Å². The molecule has 2 heterocycles. The predicted octanol–water partition coefficient (Wildman–Crippen LogP) is 2.50. The van der Waals surface area contributed by atoms with Crippen LogP contribution in [0.4, 0.5) is 0 Å². The molecule has 3 atom stereocenters. The second-order valence-electron chi connectivity index (χ2n) is 7.03. The number of para-hydroxylation sites is 1. The molecule has 1 fully saturated rings. The Bertz CT molecular complexity index is 515. The summed E-state index contributed by atoms with van der Waals surface area (Å²) in [5.41, 5.74) is 0.416. The van der Waals surface area contributed by atoms with Gasteiger partial charge in [0.2, 0.25) is 0 Å². The maximum absolute atomic E-state index is 11.0. The molecular weight excluding hydrogens is 278 g/mol. The van der Waals surface area contributed by atoms with Crippen LogP contribution in [0.2, 0.25) is 0 Å². The standard InChI is InChI=1S/C18H27NO3/c1-18(2)17(19-11-6-5-7-13(19)10-12-20)16(21)14-8-3-4-9-15(14)22-18/h3-4,8-9,13,16-17,20-21H,5-7,10-12H2,1-2H3. The molecule has 0 spiro atoms. The van der Waals surface area contributed by atoms with Gasteiger partial charge in [0.25, 0.3) is 0 Å². The van der Waals surface area contributed by atoms with Gasteiger partial charge in [-0.1, -0.05) is 24.6 Å². The van der Waals surface area contributed by atoms with Crippen LogP contribution in [-0.4, -0.2) is 45.9 Å². The number of benzene rings is 1.